The van der Waals surface area contributed by atoms with Gasteiger partial charge in [0.2, 0.25) is 0 Å². The van der Waals surface area contributed by atoms with Crippen LogP contribution in [0.2, 0.25) is 0 Å². The summed E-state index contributed by atoms with van der Waals surface area (Å²) in [7, 11) is 0. The lowest BCUT2D eigenvalue weighted by Crippen LogP contribution is -2.19. The highest BCUT2D eigenvalue weighted by atomic mass is 32.2. The van der Waals surface area contributed by atoms with Crippen LogP contribution in [0.3, 0.4) is 0 Å². The number of carbonyl (C=O) groups excluding carboxylic acids is 1. The minimum atomic E-state index is -0.256. The van der Waals surface area contributed by atoms with Crippen LogP contribution in [0.25, 0.3) is 11.0 Å². The van der Waals surface area contributed by atoms with Gasteiger partial charge in [-0.3, -0.25) is 4.79 Å². The molecular weight excluding hydrogens is 420 g/mol. The molecule has 0 bridgehead atoms. The number of anilines is 2. The van der Waals surface area contributed by atoms with Gasteiger partial charge in [-0.05, 0) is 48.7 Å². The predicted octanol–water partition coefficient (Wildman–Crippen LogP) is 5.61. The molecule has 2 aromatic carbocycles. The van der Waals surface area contributed by atoms with Crippen LogP contribution in [0.1, 0.15) is 29.5 Å². The van der Waals surface area contributed by atoms with E-state index in [-0.39, 0.29) is 5.91 Å². The van der Waals surface area contributed by atoms with E-state index >= 15 is 0 Å². The van der Waals surface area contributed by atoms with Gasteiger partial charge >= 0.3 is 0 Å². The topological polar surface area (TPSA) is 71.3 Å². The number of carbonyl (C=O) groups is 1. The number of hydrogen-bond donors (Lipinski definition) is 1. The van der Waals surface area contributed by atoms with Gasteiger partial charge in [0.25, 0.3) is 5.91 Å². The van der Waals surface area contributed by atoms with Crippen LogP contribution in [-0.2, 0) is 5.75 Å². The van der Waals surface area contributed by atoms with E-state index in [0.29, 0.717) is 22.3 Å². The molecule has 1 amide bonds. The zero-order chi connectivity index (χ0) is 21.9. The first kappa shape index (κ1) is 20.6. The van der Waals surface area contributed by atoms with Crippen LogP contribution in [0.4, 0.5) is 11.4 Å². The second-order valence-corrected chi connectivity index (χ2v) is 9.01. The number of hydrogen-bond acceptors (Lipinski definition) is 6. The molecule has 1 N–H and O–H groups in total. The number of para-hydroxylation sites is 1. The van der Waals surface area contributed by atoms with Gasteiger partial charge in [-0.25, -0.2) is 9.97 Å². The summed E-state index contributed by atoms with van der Waals surface area (Å²) in [5.41, 5.74) is 3.48. The molecule has 1 fully saturated rings. The Morgan fingerprint density at radius 3 is 2.66 bits per heavy atom. The van der Waals surface area contributed by atoms with Gasteiger partial charge in [0.05, 0.1) is 0 Å². The van der Waals surface area contributed by atoms with Crippen molar-refractivity contribution in [1.29, 1.82) is 0 Å². The Balaban J connectivity index is 1.36. The number of fused-ring (bicyclic) bond motifs is 1. The Kier molecular flexibility index (Phi) is 5.81. The molecule has 1 unspecified atom stereocenters. The summed E-state index contributed by atoms with van der Waals surface area (Å²) in [6, 6.07) is 17.5. The van der Waals surface area contributed by atoms with Crippen molar-refractivity contribution in [2.24, 2.45) is 5.92 Å². The second-order valence-electron chi connectivity index (χ2n) is 8.07. The third-order valence-corrected chi connectivity index (χ3v) is 6.61. The molecule has 0 radical (unpaired) electrons. The molecule has 7 heteroatoms. The van der Waals surface area contributed by atoms with E-state index in [9.17, 15) is 4.79 Å². The summed E-state index contributed by atoms with van der Waals surface area (Å²) in [6.45, 7) is 4.44. The first-order valence-electron chi connectivity index (χ1n) is 10.7. The minimum Gasteiger partial charge on any atom is -0.451 e. The molecule has 0 aliphatic carbocycles. The van der Waals surface area contributed by atoms with Crippen molar-refractivity contribution in [2.45, 2.75) is 24.3 Å². The van der Waals surface area contributed by atoms with E-state index < -0.39 is 0 Å². The Morgan fingerprint density at radius 1 is 1.12 bits per heavy atom. The third-order valence-electron chi connectivity index (χ3n) is 5.71. The van der Waals surface area contributed by atoms with Gasteiger partial charge < -0.3 is 14.6 Å². The van der Waals surface area contributed by atoms with Crippen LogP contribution in [0.5, 0.6) is 0 Å². The lowest BCUT2D eigenvalue weighted by Gasteiger charge is -2.18. The van der Waals surface area contributed by atoms with E-state index in [4.69, 9.17) is 4.42 Å². The van der Waals surface area contributed by atoms with Gasteiger partial charge in [0.15, 0.2) is 10.9 Å². The molecule has 1 saturated heterocycles. The number of nitrogens with zero attached hydrogens (tertiary/aromatic N) is 3. The van der Waals surface area contributed by atoms with Crippen molar-refractivity contribution >= 4 is 40.0 Å². The lowest BCUT2D eigenvalue weighted by molar-refractivity contribution is 0.0998. The second kappa shape index (κ2) is 9.04. The number of nitrogens with one attached hydrogen (secondary N) is 1. The summed E-state index contributed by atoms with van der Waals surface area (Å²) >= 11 is 1.48. The van der Waals surface area contributed by atoms with Crippen LogP contribution in [-0.4, -0.2) is 29.0 Å². The molecule has 162 valence electrons. The van der Waals surface area contributed by atoms with Gasteiger partial charge in [-0.15, -0.1) is 0 Å². The predicted molar refractivity (Wildman–Crippen MR) is 128 cm³/mol. The molecular formula is C25H24N4O2S. The normalized spacial score (nSPS) is 15.9. The molecule has 0 saturated carbocycles. The van der Waals surface area contributed by atoms with Crippen LogP contribution >= 0.6 is 11.8 Å². The summed E-state index contributed by atoms with van der Waals surface area (Å²) in [5.74, 6) is 1.33. The highest BCUT2D eigenvalue weighted by Crippen LogP contribution is 2.32. The SMILES string of the molecule is CC1CCN(c2ccc(NC(=O)c3oc4ccccc4c3CSc3ncccn3)cc2)C1. The molecule has 0 spiro atoms. The molecule has 1 atom stereocenters. The van der Waals surface area contributed by atoms with Crippen molar-refractivity contribution in [3.8, 4) is 0 Å². The number of benzene rings is 2. The maximum Gasteiger partial charge on any atom is 0.291 e. The first-order chi connectivity index (χ1) is 15.7. The van der Waals surface area contributed by atoms with Crippen LogP contribution in [0, 0.1) is 5.92 Å². The fraction of sp³-hybridized carbons (Fsp3) is 0.240. The Hall–Kier alpha value is -3.32. The van der Waals surface area contributed by atoms with Gasteiger partial charge in [0, 0.05) is 53.6 Å². The first-order valence-corrected chi connectivity index (χ1v) is 11.7. The van der Waals surface area contributed by atoms with Crippen LogP contribution < -0.4 is 10.2 Å². The minimum absolute atomic E-state index is 0.256. The molecule has 1 aliphatic heterocycles. The molecule has 1 aliphatic rings. The van der Waals surface area contributed by atoms with E-state index in [1.54, 1.807) is 18.5 Å². The standard InChI is InChI=1S/C25H24N4O2S/c1-17-11-14-29(15-17)19-9-7-18(8-10-19)28-24(30)23-21(16-32-25-26-12-4-13-27-25)20-5-2-3-6-22(20)31-23/h2-10,12-13,17H,11,14-16H2,1H3,(H,28,30). The third kappa shape index (κ3) is 4.34. The number of furan rings is 1. The van der Waals surface area contributed by atoms with Gasteiger partial charge in [-0.1, -0.05) is 36.9 Å². The van der Waals surface area contributed by atoms with Crippen LogP contribution in [0.15, 0.2) is 76.6 Å². The van der Waals surface area contributed by atoms with E-state index in [1.807, 2.05) is 36.4 Å². The van der Waals surface area contributed by atoms with E-state index in [2.05, 4.69) is 39.2 Å². The zero-order valence-corrected chi connectivity index (χ0v) is 18.6. The molecule has 6 nitrogen and oxygen atoms in total. The van der Waals surface area contributed by atoms with Gasteiger partial charge in [0.1, 0.15) is 5.58 Å². The Morgan fingerprint density at radius 2 is 1.91 bits per heavy atom. The highest BCUT2D eigenvalue weighted by Gasteiger charge is 2.22. The average Bonchev–Trinajstić information content (AvgIpc) is 3.42. The van der Waals surface area contributed by atoms with Gasteiger partial charge in [-0.2, -0.15) is 0 Å². The molecule has 2 aromatic heterocycles. The summed E-state index contributed by atoms with van der Waals surface area (Å²) in [5, 5.41) is 4.59. The summed E-state index contributed by atoms with van der Waals surface area (Å²) < 4.78 is 5.96. The monoisotopic (exact) mass is 444 g/mol. The van der Waals surface area contributed by atoms with Crippen molar-refractivity contribution in [1.82, 2.24) is 9.97 Å². The van der Waals surface area contributed by atoms with Crippen molar-refractivity contribution in [2.75, 3.05) is 23.3 Å². The van der Waals surface area contributed by atoms with E-state index in [1.165, 1.54) is 23.9 Å². The lowest BCUT2D eigenvalue weighted by atomic mass is 10.1. The fourth-order valence-electron chi connectivity index (χ4n) is 4.04. The number of rotatable bonds is 6. The quantitative estimate of drug-likeness (QED) is 0.308. The maximum absolute atomic E-state index is 13.1. The molecule has 4 aromatic rings. The summed E-state index contributed by atoms with van der Waals surface area (Å²) in [6.07, 6.45) is 4.64. The highest BCUT2D eigenvalue weighted by molar-refractivity contribution is 7.98. The Bertz CT molecular complexity index is 1220. The maximum atomic E-state index is 13.1. The summed E-state index contributed by atoms with van der Waals surface area (Å²) in [4.78, 5) is 24.1. The van der Waals surface area contributed by atoms with Crippen molar-refractivity contribution in [3.05, 3.63) is 78.3 Å². The Labute approximate surface area is 191 Å². The smallest absolute Gasteiger partial charge is 0.291 e. The van der Waals surface area contributed by atoms with E-state index in [0.717, 1.165) is 35.6 Å². The number of thioether (sulfide) groups is 1. The number of amides is 1. The molecule has 32 heavy (non-hydrogen) atoms. The molecule has 5 rings (SSSR count). The largest absolute Gasteiger partial charge is 0.451 e. The molecule has 3 heterocycles. The zero-order valence-electron chi connectivity index (χ0n) is 17.8. The van der Waals surface area contributed by atoms with Crippen molar-refractivity contribution in [3.63, 3.8) is 0 Å². The number of aromatic nitrogens is 2. The van der Waals surface area contributed by atoms with Crippen molar-refractivity contribution < 1.29 is 9.21 Å². The average molecular weight is 445 g/mol. The fourth-order valence-corrected chi connectivity index (χ4v) is 4.87.